The fraction of sp³-hybridized carbons (Fsp3) is 0.250. The third-order valence-corrected chi connectivity index (χ3v) is 5.41. The molecule has 4 aromatic rings. The van der Waals surface area contributed by atoms with Gasteiger partial charge in [0.25, 0.3) is 17.1 Å². The number of rotatable bonds is 6. The van der Waals surface area contributed by atoms with Crippen molar-refractivity contribution in [1.82, 2.24) is 14.7 Å². The van der Waals surface area contributed by atoms with E-state index >= 15 is 0 Å². The van der Waals surface area contributed by atoms with Gasteiger partial charge in [0.1, 0.15) is 10.9 Å². The molecular formula is C24H26N5O2+. The minimum atomic E-state index is -0.297. The number of amides is 1. The first-order valence-corrected chi connectivity index (χ1v) is 10.5. The molecule has 0 aliphatic rings. The molecule has 3 aromatic heterocycles. The van der Waals surface area contributed by atoms with Crippen molar-refractivity contribution >= 4 is 28.4 Å². The van der Waals surface area contributed by atoms with Gasteiger partial charge >= 0.3 is 0 Å². The van der Waals surface area contributed by atoms with Crippen molar-refractivity contribution in [2.75, 3.05) is 12.3 Å². The molecule has 0 atom stereocenters. The summed E-state index contributed by atoms with van der Waals surface area (Å²) >= 11 is 0. The summed E-state index contributed by atoms with van der Waals surface area (Å²) in [6.07, 6.45) is 3.19. The van der Waals surface area contributed by atoms with Gasteiger partial charge in [0.2, 0.25) is 11.5 Å². The molecule has 0 unspecified atom stereocenters. The lowest BCUT2D eigenvalue weighted by atomic mass is 10.1. The summed E-state index contributed by atoms with van der Waals surface area (Å²) in [5.41, 5.74) is 9.60. The lowest BCUT2D eigenvalue weighted by Gasteiger charge is -2.12. The number of benzene rings is 1. The summed E-state index contributed by atoms with van der Waals surface area (Å²) in [5, 5.41) is 3.30. The van der Waals surface area contributed by atoms with Crippen LogP contribution < -0.4 is 21.2 Å². The Labute approximate surface area is 180 Å². The van der Waals surface area contributed by atoms with Crippen LogP contribution in [0, 0.1) is 6.92 Å². The average molecular weight is 417 g/mol. The Morgan fingerprint density at radius 2 is 1.97 bits per heavy atom. The molecule has 1 amide bonds. The number of hydrogen-bond acceptors (Lipinski definition) is 4. The molecule has 3 N–H and O–H groups in total. The number of nitrogens with two attached hydrogens (primary N) is 1. The normalized spacial score (nSPS) is 11.2. The van der Waals surface area contributed by atoms with Crippen LogP contribution in [0.4, 0.5) is 5.82 Å². The molecule has 0 saturated carbocycles. The SMILES string of the molecule is CCC[n+]1c(N)c(C(=O)NCCc2ccccc2)cc2c(=O)n3cccc(C)c3nc21. The topological polar surface area (TPSA) is 93.4 Å². The zero-order valence-electron chi connectivity index (χ0n) is 17.8. The summed E-state index contributed by atoms with van der Waals surface area (Å²) in [7, 11) is 0. The molecule has 0 spiro atoms. The van der Waals surface area contributed by atoms with Crippen LogP contribution in [-0.2, 0) is 13.0 Å². The maximum absolute atomic E-state index is 13.2. The maximum atomic E-state index is 13.2. The van der Waals surface area contributed by atoms with E-state index < -0.39 is 0 Å². The number of aromatic nitrogens is 3. The smallest absolute Gasteiger partial charge is 0.278 e. The summed E-state index contributed by atoms with van der Waals surface area (Å²) in [6, 6.07) is 15.2. The summed E-state index contributed by atoms with van der Waals surface area (Å²) in [4.78, 5) is 30.9. The summed E-state index contributed by atoms with van der Waals surface area (Å²) in [6.45, 7) is 4.96. The van der Waals surface area contributed by atoms with Crippen molar-refractivity contribution < 1.29 is 9.36 Å². The van der Waals surface area contributed by atoms with Gasteiger partial charge in [-0.2, -0.15) is 0 Å². The van der Waals surface area contributed by atoms with Gasteiger partial charge in [-0.1, -0.05) is 48.3 Å². The van der Waals surface area contributed by atoms with E-state index in [4.69, 9.17) is 10.7 Å². The number of nitrogens with one attached hydrogen (secondary N) is 1. The molecule has 158 valence electrons. The predicted octanol–water partition coefficient (Wildman–Crippen LogP) is 2.41. The quantitative estimate of drug-likeness (QED) is 0.373. The van der Waals surface area contributed by atoms with Gasteiger partial charge in [0.15, 0.2) is 0 Å². The van der Waals surface area contributed by atoms with Gasteiger partial charge in [0, 0.05) is 18.3 Å². The van der Waals surface area contributed by atoms with Crippen LogP contribution in [0.3, 0.4) is 0 Å². The standard InChI is InChI=1S/C24H25N5O2/c1-3-13-28-20(25)18(23(30)26-12-11-17-9-5-4-6-10-17)15-19-22(28)27-21-16(2)8-7-14-29(21)24(19)31/h4-10,14-15,25H,3,11-13H2,1-2H3,(H,26,30)/p+1. The molecule has 1 aromatic carbocycles. The first-order valence-electron chi connectivity index (χ1n) is 10.5. The van der Waals surface area contributed by atoms with E-state index in [9.17, 15) is 9.59 Å². The number of hydrogen-bond donors (Lipinski definition) is 2. The Bertz CT molecular complexity index is 1330. The number of carbonyl (C=O) groups is 1. The maximum Gasteiger partial charge on any atom is 0.278 e. The third kappa shape index (κ3) is 3.86. The van der Waals surface area contributed by atoms with E-state index in [1.54, 1.807) is 16.8 Å². The number of nitrogen functional groups attached to an aromatic ring is 1. The molecular weight excluding hydrogens is 390 g/mol. The van der Waals surface area contributed by atoms with Crippen LogP contribution in [0.2, 0.25) is 0 Å². The molecule has 0 saturated heterocycles. The van der Waals surface area contributed by atoms with Crippen LogP contribution in [0.25, 0.3) is 16.7 Å². The Morgan fingerprint density at radius 1 is 1.19 bits per heavy atom. The largest absolute Gasteiger partial charge is 0.351 e. The Balaban J connectivity index is 1.77. The highest BCUT2D eigenvalue weighted by Crippen LogP contribution is 2.16. The van der Waals surface area contributed by atoms with Crippen molar-refractivity contribution in [3.05, 3.63) is 81.8 Å². The monoisotopic (exact) mass is 416 g/mol. The molecule has 0 aliphatic heterocycles. The fourth-order valence-corrected chi connectivity index (χ4v) is 3.80. The molecule has 7 heteroatoms. The van der Waals surface area contributed by atoms with Gasteiger partial charge in [0.05, 0.1) is 6.54 Å². The second-order valence-corrected chi connectivity index (χ2v) is 7.63. The zero-order chi connectivity index (χ0) is 22.0. The van der Waals surface area contributed by atoms with E-state index in [-0.39, 0.29) is 11.5 Å². The van der Waals surface area contributed by atoms with Crippen LogP contribution in [0.15, 0.2) is 59.5 Å². The number of fused-ring (bicyclic) bond motifs is 2. The summed E-state index contributed by atoms with van der Waals surface area (Å²) in [5.74, 6) is 0.0188. The van der Waals surface area contributed by atoms with Crippen molar-refractivity contribution in [2.45, 2.75) is 33.2 Å². The van der Waals surface area contributed by atoms with E-state index in [0.29, 0.717) is 47.6 Å². The minimum absolute atomic E-state index is 0.216. The van der Waals surface area contributed by atoms with Crippen LogP contribution in [0.5, 0.6) is 0 Å². The Hall–Kier alpha value is -3.74. The highest BCUT2D eigenvalue weighted by molar-refractivity contribution is 6.00. The van der Waals surface area contributed by atoms with Crippen LogP contribution in [0.1, 0.15) is 34.8 Å². The number of carbonyl (C=O) groups excluding carboxylic acids is 1. The van der Waals surface area contributed by atoms with Gasteiger partial charge < -0.3 is 11.1 Å². The molecule has 0 radical (unpaired) electrons. The van der Waals surface area contributed by atoms with Gasteiger partial charge in [-0.3, -0.25) is 14.0 Å². The second-order valence-electron chi connectivity index (χ2n) is 7.63. The predicted molar refractivity (Wildman–Crippen MR) is 121 cm³/mol. The Morgan fingerprint density at radius 3 is 2.71 bits per heavy atom. The van der Waals surface area contributed by atoms with E-state index in [0.717, 1.165) is 17.5 Å². The highest BCUT2D eigenvalue weighted by Gasteiger charge is 2.24. The van der Waals surface area contributed by atoms with E-state index in [1.807, 2.05) is 56.3 Å². The number of pyridine rings is 2. The summed E-state index contributed by atoms with van der Waals surface area (Å²) < 4.78 is 3.29. The van der Waals surface area contributed by atoms with E-state index in [2.05, 4.69) is 5.32 Å². The number of nitrogens with zero attached hydrogens (tertiary/aromatic N) is 3. The molecule has 4 rings (SSSR count). The van der Waals surface area contributed by atoms with Crippen molar-refractivity contribution in [2.24, 2.45) is 0 Å². The lowest BCUT2D eigenvalue weighted by molar-refractivity contribution is -0.658. The van der Waals surface area contributed by atoms with Crippen molar-refractivity contribution in [3.63, 3.8) is 0 Å². The molecule has 0 fully saturated rings. The number of aryl methyl sites for hydroxylation is 2. The molecule has 3 heterocycles. The fourth-order valence-electron chi connectivity index (χ4n) is 3.80. The van der Waals surface area contributed by atoms with Gasteiger partial charge in [-0.15, -0.1) is 0 Å². The molecule has 0 bridgehead atoms. The average Bonchev–Trinajstić information content (AvgIpc) is 2.77. The molecule has 31 heavy (non-hydrogen) atoms. The van der Waals surface area contributed by atoms with Crippen molar-refractivity contribution in [1.29, 1.82) is 0 Å². The second kappa shape index (κ2) is 8.55. The van der Waals surface area contributed by atoms with Crippen molar-refractivity contribution in [3.8, 4) is 0 Å². The minimum Gasteiger partial charge on any atom is -0.351 e. The number of anilines is 1. The first kappa shape index (κ1) is 20.5. The third-order valence-electron chi connectivity index (χ3n) is 5.41. The molecule has 7 nitrogen and oxygen atoms in total. The Kier molecular flexibility index (Phi) is 5.66. The first-order chi connectivity index (χ1) is 15.0. The highest BCUT2D eigenvalue weighted by atomic mass is 16.1. The van der Waals surface area contributed by atoms with Crippen LogP contribution >= 0.6 is 0 Å². The van der Waals surface area contributed by atoms with Gasteiger partial charge in [-0.05, 0) is 37.5 Å². The lowest BCUT2D eigenvalue weighted by Crippen LogP contribution is -2.43. The molecule has 0 aliphatic carbocycles. The van der Waals surface area contributed by atoms with Crippen LogP contribution in [-0.4, -0.2) is 21.8 Å². The van der Waals surface area contributed by atoms with Gasteiger partial charge in [-0.25, -0.2) is 4.57 Å². The van der Waals surface area contributed by atoms with E-state index in [1.165, 1.54) is 4.40 Å². The zero-order valence-corrected chi connectivity index (χ0v) is 17.8.